The number of unbranched alkanes of at least 4 members (excludes halogenated alkanes) is 1. The van der Waals surface area contributed by atoms with Crippen LogP contribution in [0.3, 0.4) is 0 Å². The fraction of sp³-hybridized carbons (Fsp3) is 0.727. The van der Waals surface area contributed by atoms with E-state index in [2.05, 4.69) is 56.0 Å². The predicted octanol–water partition coefficient (Wildman–Crippen LogP) is 6.06. The van der Waals surface area contributed by atoms with Gasteiger partial charge in [-0.3, -0.25) is 0 Å². The molecule has 0 bridgehead atoms. The molecule has 0 aliphatic heterocycles. The van der Waals surface area contributed by atoms with Gasteiger partial charge in [-0.05, 0) is 49.0 Å². The van der Waals surface area contributed by atoms with Crippen molar-refractivity contribution in [3.05, 3.63) is 46.3 Å². The van der Waals surface area contributed by atoms with Crippen LogP contribution in [0.4, 0.5) is 0 Å². The van der Waals surface area contributed by atoms with Crippen molar-refractivity contribution in [3.63, 3.8) is 0 Å². The molecule has 1 aromatic carbocycles. The molecule has 0 aromatic heterocycles. The molecular formula is C22H39N3O4Si. The van der Waals surface area contributed by atoms with Gasteiger partial charge in [-0.25, -0.2) is 0 Å². The largest absolute Gasteiger partial charge is 0.411 e. The summed E-state index contributed by atoms with van der Waals surface area (Å²) in [4.78, 5) is 2.86. The van der Waals surface area contributed by atoms with Gasteiger partial charge in [0.15, 0.2) is 14.6 Å². The third kappa shape index (κ3) is 11.1. The predicted molar refractivity (Wildman–Crippen MR) is 123 cm³/mol. The van der Waals surface area contributed by atoms with Gasteiger partial charge in [-0.15, -0.1) is 0 Å². The zero-order chi connectivity index (χ0) is 22.5. The molecule has 2 unspecified atom stereocenters. The first-order chi connectivity index (χ1) is 14.2. The van der Waals surface area contributed by atoms with E-state index in [1.165, 1.54) is 5.56 Å². The van der Waals surface area contributed by atoms with Gasteiger partial charge in [-0.1, -0.05) is 56.2 Å². The number of ether oxygens (including phenoxy) is 3. The summed E-state index contributed by atoms with van der Waals surface area (Å²) in [6.45, 7) is 15.3. The van der Waals surface area contributed by atoms with E-state index in [4.69, 9.17) is 24.2 Å². The van der Waals surface area contributed by atoms with Crippen LogP contribution in [-0.2, 0) is 25.2 Å². The fourth-order valence-corrected chi connectivity index (χ4v) is 3.79. The molecule has 1 aromatic rings. The topological polar surface area (TPSA) is 85.7 Å². The van der Waals surface area contributed by atoms with Gasteiger partial charge in [0.2, 0.25) is 0 Å². The number of hydrogen-bond acceptors (Lipinski definition) is 5. The third-order valence-corrected chi connectivity index (χ3v) is 9.81. The SMILES string of the molecule is CC(OCCCCOCc1ccccc1)OCC(CN=[N+]=[N-])O[Si](C)(C)C(C)(C)C. The molecule has 7 nitrogen and oxygen atoms in total. The first kappa shape index (κ1) is 26.6. The van der Waals surface area contributed by atoms with Crippen LogP contribution in [0.25, 0.3) is 10.4 Å². The Kier molecular flexibility index (Phi) is 12.2. The van der Waals surface area contributed by atoms with Crippen LogP contribution in [0.5, 0.6) is 0 Å². The van der Waals surface area contributed by atoms with Crippen LogP contribution in [0.1, 0.15) is 46.1 Å². The lowest BCUT2D eigenvalue weighted by molar-refractivity contribution is -0.145. The molecule has 0 saturated carbocycles. The summed E-state index contributed by atoms with van der Waals surface area (Å²) in [5, 5.41) is 3.76. The van der Waals surface area contributed by atoms with Gasteiger partial charge < -0.3 is 18.6 Å². The van der Waals surface area contributed by atoms with Crippen molar-refractivity contribution in [2.24, 2.45) is 5.11 Å². The highest BCUT2D eigenvalue weighted by atomic mass is 28.4. The second kappa shape index (κ2) is 13.8. The maximum Gasteiger partial charge on any atom is 0.192 e. The lowest BCUT2D eigenvalue weighted by atomic mass is 10.2. The monoisotopic (exact) mass is 437 g/mol. The van der Waals surface area contributed by atoms with E-state index < -0.39 is 8.32 Å². The van der Waals surface area contributed by atoms with E-state index in [-0.39, 0.29) is 24.0 Å². The first-order valence-corrected chi connectivity index (χ1v) is 13.6. The normalized spacial score (nSPS) is 14.2. The fourth-order valence-electron chi connectivity index (χ4n) is 2.46. The summed E-state index contributed by atoms with van der Waals surface area (Å²) in [6, 6.07) is 10.2. The van der Waals surface area contributed by atoms with Crippen molar-refractivity contribution in [2.75, 3.05) is 26.4 Å². The van der Waals surface area contributed by atoms with E-state index >= 15 is 0 Å². The number of benzene rings is 1. The molecule has 170 valence electrons. The maximum atomic E-state index is 8.66. The van der Waals surface area contributed by atoms with Crippen molar-refractivity contribution in [1.29, 1.82) is 0 Å². The molecule has 8 heteroatoms. The highest BCUT2D eigenvalue weighted by Gasteiger charge is 2.39. The minimum atomic E-state index is -1.98. The average molecular weight is 438 g/mol. The van der Waals surface area contributed by atoms with Crippen molar-refractivity contribution in [3.8, 4) is 0 Å². The molecule has 0 heterocycles. The molecule has 0 spiro atoms. The smallest absolute Gasteiger partial charge is 0.192 e. The number of azide groups is 1. The molecule has 30 heavy (non-hydrogen) atoms. The zero-order valence-electron chi connectivity index (χ0n) is 19.5. The van der Waals surface area contributed by atoms with E-state index in [9.17, 15) is 0 Å². The summed E-state index contributed by atoms with van der Waals surface area (Å²) in [6.07, 6.45) is 1.24. The van der Waals surface area contributed by atoms with Crippen molar-refractivity contribution >= 4 is 8.32 Å². The van der Waals surface area contributed by atoms with E-state index in [0.717, 1.165) is 12.8 Å². The quantitative estimate of drug-likeness (QED) is 0.0833. The third-order valence-electron chi connectivity index (χ3n) is 5.28. The van der Waals surface area contributed by atoms with Gasteiger partial charge in [0.05, 0.1) is 25.9 Å². The molecule has 0 aliphatic rings. The standard InChI is InChI=1S/C22H39N3O4Si/c1-19(27-15-11-10-14-26-17-20-12-8-7-9-13-20)28-18-21(16-24-25-23)29-30(5,6)22(2,3)4/h7-9,12-13,19,21H,10-11,14-18H2,1-6H3. The first-order valence-electron chi connectivity index (χ1n) is 10.7. The van der Waals surface area contributed by atoms with Crippen LogP contribution < -0.4 is 0 Å². The number of nitrogens with zero attached hydrogens (tertiary/aromatic N) is 3. The molecule has 1 rings (SSSR count). The Hall–Kier alpha value is -1.41. The summed E-state index contributed by atoms with van der Waals surface area (Å²) in [5.74, 6) is 0. The Morgan fingerprint density at radius 1 is 1.07 bits per heavy atom. The van der Waals surface area contributed by atoms with Crippen molar-refractivity contribution in [1.82, 2.24) is 0 Å². The Balaban J connectivity index is 2.23. The maximum absolute atomic E-state index is 8.66. The van der Waals surface area contributed by atoms with Gasteiger partial charge in [-0.2, -0.15) is 0 Å². The highest BCUT2D eigenvalue weighted by molar-refractivity contribution is 6.74. The Morgan fingerprint density at radius 2 is 1.73 bits per heavy atom. The van der Waals surface area contributed by atoms with E-state index in [1.54, 1.807) is 0 Å². The molecule has 2 atom stereocenters. The van der Waals surface area contributed by atoms with Crippen LogP contribution in [0, 0.1) is 0 Å². The lowest BCUT2D eigenvalue weighted by Gasteiger charge is -2.39. The molecule has 0 aliphatic carbocycles. The number of rotatable bonds is 15. The molecule has 0 fully saturated rings. The Labute approximate surface area is 182 Å². The molecule has 0 amide bonds. The second-order valence-corrected chi connectivity index (χ2v) is 13.7. The van der Waals surface area contributed by atoms with Gasteiger partial charge >= 0.3 is 0 Å². The second-order valence-electron chi connectivity index (χ2n) is 8.93. The van der Waals surface area contributed by atoms with Crippen molar-refractivity contribution < 1.29 is 18.6 Å². The molecular weight excluding hydrogens is 398 g/mol. The average Bonchev–Trinajstić information content (AvgIpc) is 2.69. The summed E-state index contributed by atoms with van der Waals surface area (Å²) in [7, 11) is -1.98. The molecule has 0 saturated heterocycles. The van der Waals surface area contributed by atoms with Gasteiger partial charge in [0.1, 0.15) is 0 Å². The molecule has 0 N–H and O–H groups in total. The Bertz CT molecular complexity index is 631. The highest BCUT2D eigenvalue weighted by Crippen LogP contribution is 2.37. The van der Waals surface area contributed by atoms with Crippen LogP contribution in [0.2, 0.25) is 18.1 Å². The number of hydrogen-bond donors (Lipinski definition) is 0. The minimum absolute atomic E-state index is 0.0757. The van der Waals surface area contributed by atoms with E-state index in [0.29, 0.717) is 26.4 Å². The lowest BCUT2D eigenvalue weighted by Crippen LogP contribution is -2.46. The zero-order valence-corrected chi connectivity index (χ0v) is 20.5. The summed E-state index contributed by atoms with van der Waals surface area (Å²) < 4.78 is 23.6. The summed E-state index contributed by atoms with van der Waals surface area (Å²) >= 11 is 0. The minimum Gasteiger partial charge on any atom is -0.411 e. The van der Waals surface area contributed by atoms with E-state index in [1.807, 2.05) is 25.1 Å². The van der Waals surface area contributed by atoms with Crippen LogP contribution in [0.15, 0.2) is 35.4 Å². The Morgan fingerprint density at radius 3 is 2.37 bits per heavy atom. The van der Waals surface area contributed by atoms with Crippen LogP contribution in [-0.4, -0.2) is 47.1 Å². The van der Waals surface area contributed by atoms with Crippen LogP contribution >= 0.6 is 0 Å². The molecule has 0 radical (unpaired) electrons. The van der Waals surface area contributed by atoms with Crippen molar-refractivity contribution in [2.45, 2.75) is 77.7 Å². The summed E-state index contributed by atoms with van der Waals surface area (Å²) in [5.41, 5.74) is 9.84. The van der Waals surface area contributed by atoms with Gasteiger partial charge in [0, 0.05) is 18.1 Å². The van der Waals surface area contributed by atoms with Gasteiger partial charge in [0.25, 0.3) is 0 Å².